The Morgan fingerprint density at radius 2 is 2.24 bits per heavy atom. The molecule has 1 unspecified atom stereocenters. The zero-order valence-electron chi connectivity index (χ0n) is 11.9. The lowest BCUT2D eigenvalue weighted by Gasteiger charge is -2.26. The average molecular weight is 309 g/mol. The number of para-hydroxylation sites is 1. The molecule has 6 heteroatoms. The van der Waals surface area contributed by atoms with Crippen LogP contribution in [-0.2, 0) is 9.59 Å². The third-order valence-electron chi connectivity index (χ3n) is 3.50. The van der Waals surface area contributed by atoms with Gasteiger partial charge in [0.1, 0.15) is 11.8 Å². The number of fused-ring (bicyclic) bond motifs is 1. The Balaban J connectivity index is 2.08. The van der Waals surface area contributed by atoms with E-state index in [9.17, 15) is 14.7 Å². The minimum Gasteiger partial charge on any atom is -0.493 e. The molecule has 1 aromatic carbocycles. The summed E-state index contributed by atoms with van der Waals surface area (Å²) >= 11 is 1.56. The molecular weight excluding hydrogens is 290 g/mol. The van der Waals surface area contributed by atoms with E-state index < -0.39 is 12.0 Å². The van der Waals surface area contributed by atoms with Crippen molar-refractivity contribution in [3.05, 3.63) is 29.8 Å². The predicted octanol–water partition coefficient (Wildman–Crippen LogP) is 1.88. The molecule has 0 spiro atoms. The summed E-state index contributed by atoms with van der Waals surface area (Å²) in [7, 11) is 0. The zero-order chi connectivity index (χ0) is 15.2. The van der Waals surface area contributed by atoms with Gasteiger partial charge in [0.25, 0.3) is 0 Å². The van der Waals surface area contributed by atoms with Crippen molar-refractivity contribution in [3.8, 4) is 5.75 Å². The summed E-state index contributed by atoms with van der Waals surface area (Å²) in [5.74, 6) is -0.162. The van der Waals surface area contributed by atoms with Crippen LogP contribution in [0.1, 0.15) is 24.3 Å². The molecule has 0 radical (unpaired) electrons. The third kappa shape index (κ3) is 3.91. The number of hydrogen-bond acceptors (Lipinski definition) is 4. The highest BCUT2D eigenvalue weighted by atomic mass is 32.2. The van der Waals surface area contributed by atoms with Gasteiger partial charge in [0.05, 0.1) is 12.5 Å². The van der Waals surface area contributed by atoms with E-state index in [-0.39, 0.29) is 11.8 Å². The average Bonchev–Trinajstić information content (AvgIpc) is 2.50. The maximum Gasteiger partial charge on any atom is 0.326 e. The smallest absolute Gasteiger partial charge is 0.326 e. The Labute approximate surface area is 128 Å². The fourth-order valence-corrected chi connectivity index (χ4v) is 2.85. The lowest BCUT2D eigenvalue weighted by atomic mass is 9.92. The Morgan fingerprint density at radius 1 is 1.48 bits per heavy atom. The summed E-state index contributed by atoms with van der Waals surface area (Å²) in [4.78, 5) is 23.6. The molecule has 0 fully saturated rings. The van der Waals surface area contributed by atoms with Gasteiger partial charge < -0.3 is 15.2 Å². The highest BCUT2D eigenvalue weighted by Crippen LogP contribution is 2.33. The van der Waals surface area contributed by atoms with Crippen molar-refractivity contribution in [2.45, 2.75) is 24.8 Å². The second-order valence-electron chi connectivity index (χ2n) is 4.91. The van der Waals surface area contributed by atoms with Gasteiger partial charge in [-0.2, -0.15) is 11.8 Å². The minimum atomic E-state index is -0.988. The van der Waals surface area contributed by atoms with E-state index in [1.54, 1.807) is 11.8 Å². The molecule has 2 atom stereocenters. The number of thioether (sulfide) groups is 1. The Morgan fingerprint density at radius 3 is 2.95 bits per heavy atom. The van der Waals surface area contributed by atoms with Crippen molar-refractivity contribution in [1.82, 2.24) is 5.32 Å². The Kier molecular flexibility index (Phi) is 5.50. The van der Waals surface area contributed by atoms with E-state index in [1.165, 1.54) is 0 Å². The maximum absolute atomic E-state index is 12.4. The first-order valence-electron chi connectivity index (χ1n) is 6.87. The predicted molar refractivity (Wildman–Crippen MR) is 81.9 cm³/mol. The van der Waals surface area contributed by atoms with E-state index in [2.05, 4.69) is 5.32 Å². The van der Waals surface area contributed by atoms with Crippen LogP contribution in [0.2, 0.25) is 0 Å². The van der Waals surface area contributed by atoms with Crippen LogP contribution in [0.4, 0.5) is 0 Å². The molecule has 114 valence electrons. The topological polar surface area (TPSA) is 75.6 Å². The van der Waals surface area contributed by atoms with E-state index in [1.807, 2.05) is 30.5 Å². The van der Waals surface area contributed by atoms with Crippen LogP contribution in [0, 0.1) is 0 Å². The lowest BCUT2D eigenvalue weighted by Crippen LogP contribution is -2.44. The first-order chi connectivity index (χ1) is 10.1. The first-order valence-corrected chi connectivity index (χ1v) is 8.26. The summed E-state index contributed by atoms with van der Waals surface area (Å²) in [5, 5.41) is 11.8. The minimum absolute atomic E-state index is 0.237. The molecule has 1 aliphatic heterocycles. The number of carboxylic acids is 1. The van der Waals surface area contributed by atoms with Crippen molar-refractivity contribution in [2.24, 2.45) is 0 Å². The van der Waals surface area contributed by atoms with Crippen LogP contribution in [0.25, 0.3) is 0 Å². The monoisotopic (exact) mass is 309 g/mol. The van der Waals surface area contributed by atoms with Gasteiger partial charge in [0.2, 0.25) is 5.91 Å². The van der Waals surface area contributed by atoms with Crippen molar-refractivity contribution in [3.63, 3.8) is 0 Å². The standard InChI is InChI=1S/C15H19NO4S/c1-21-9-7-12(15(18)19)16-14(17)11-6-8-20-13-5-3-2-4-10(11)13/h2-5,11-12H,6-9H2,1H3,(H,16,17)(H,18,19)/t11?,12-/m1/s1. The van der Waals surface area contributed by atoms with Gasteiger partial charge in [-0.3, -0.25) is 4.79 Å². The molecule has 2 rings (SSSR count). The second-order valence-corrected chi connectivity index (χ2v) is 5.89. The lowest BCUT2D eigenvalue weighted by molar-refractivity contribution is -0.142. The van der Waals surface area contributed by atoms with Crippen molar-refractivity contribution < 1.29 is 19.4 Å². The van der Waals surface area contributed by atoms with Gasteiger partial charge in [-0.1, -0.05) is 18.2 Å². The summed E-state index contributed by atoms with van der Waals surface area (Å²) in [6.45, 7) is 0.470. The maximum atomic E-state index is 12.4. The molecule has 1 aromatic rings. The van der Waals surface area contributed by atoms with Crippen LogP contribution in [0.5, 0.6) is 5.75 Å². The van der Waals surface area contributed by atoms with Gasteiger partial charge in [-0.15, -0.1) is 0 Å². The van der Waals surface area contributed by atoms with Crippen LogP contribution in [0.15, 0.2) is 24.3 Å². The normalized spacial score (nSPS) is 18.2. The SMILES string of the molecule is CSCC[C@@H](NC(=O)C1CCOc2ccccc21)C(=O)O. The number of carbonyl (C=O) groups is 2. The van der Waals surface area contributed by atoms with E-state index >= 15 is 0 Å². The summed E-state index contributed by atoms with van der Waals surface area (Å²) in [5.41, 5.74) is 0.829. The molecule has 2 N–H and O–H groups in total. The number of carboxylic acid groups (broad SMARTS) is 1. The molecular formula is C15H19NO4S. The number of benzene rings is 1. The molecule has 5 nitrogen and oxygen atoms in total. The molecule has 1 aliphatic rings. The molecule has 1 amide bonds. The molecule has 21 heavy (non-hydrogen) atoms. The number of ether oxygens (including phenoxy) is 1. The molecule has 0 bridgehead atoms. The molecule has 0 aromatic heterocycles. The Bertz CT molecular complexity index is 520. The van der Waals surface area contributed by atoms with Gasteiger partial charge in [-0.25, -0.2) is 4.79 Å². The second kappa shape index (κ2) is 7.36. The highest BCUT2D eigenvalue weighted by Gasteiger charge is 2.30. The van der Waals surface area contributed by atoms with Crippen LogP contribution >= 0.6 is 11.8 Å². The van der Waals surface area contributed by atoms with E-state index in [4.69, 9.17) is 4.74 Å². The molecule has 0 saturated carbocycles. The fraction of sp³-hybridized carbons (Fsp3) is 0.467. The van der Waals surface area contributed by atoms with Gasteiger partial charge in [-0.05, 0) is 30.9 Å². The zero-order valence-corrected chi connectivity index (χ0v) is 12.7. The van der Waals surface area contributed by atoms with Crippen molar-refractivity contribution in [2.75, 3.05) is 18.6 Å². The highest BCUT2D eigenvalue weighted by molar-refractivity contribution is 7.98. The van der Waals surface area contributed by atoms with Crippen LogP contribution in [0.3, 0.4) is 0 Å². The number of nitrogens with one attached hydrogen (secondary N) is 1. The summed E-state index contributed by atoms with van der Waals surface area (Å²) in [6.07, 6.45) is 2.90. The summed E-state index contributed by atoms with van der Waals surface area (Å²) in [6, 6.07) is 6.57. The van der Waals surface area contributed by atoms with E-state index in [0.29, 0.717) is 31.0 Å². The van der Waals surface area contributed by atoms with Crippen molar-refractivity contribution in [1.29, 1.82) is 0 Å². The van der Waals surface area contributed by atoms with Gasteiger partial charge in [0.15, 0.2) is 0 Å². The fourth-order valence-electron chi connectivity index (χ4n) is 2.38. The Hall–Kier alpha value is -1.69. The molecule has 0 saturated heterocycles. The molecule has 0 aliphatic carbocycles. The van der Waals surface area contributed by atoms with Crippen LogP contribution < -0.4 is 10.1 Å². The van der Waals surface area contributed by atoms with Crippen LogP contribution in [-0.4, -0.2) is 41.6 Å². The number of amides is 1. The van der Waals surface area contributed by atoms with Gasteiger partial charge in [0, 0.05) is 5.56 Å². The number of hydrogen-bond donors (Lipinski definition) is 2. The van der Waals surface area contributed by atoms with E-state index in [0.717, 1.165) is 5.56 Å². The van der Waals surface area contributed by atoms with Crippen molar-refractivity contribution >= 4 is 23.6 Å². The number of rotatable bonds is 6. The third-order valence-corrected chi connectivity index (χ3v) is 4.14. The largest absolute Gasteiger partial charge is 0.493 e. The first kappa shape index (κ1) is 15.7. The number of aliphatic carboxylic acids is 1. The quantitative estimate of drug-likeness (QED) is 0.839. The summed E-state index contributed by atoms with van der Waals surface area (Å²) < 4.78 is 5.52. The number of carbonyl (C=O) groups excluding carboxylic acids is 1. The molecule has 1 heterocycles. The van der Waals surface area contributed by atoms with Gasteiger partial charge >= 0.3 is 5.97 Å².